The Kier molecular flexibility index (Phi) is 4.60. The molecule has 2 aromatic heterocycles. The highest BCUT2D eigenvalue weighted by Crippen LogP contribution is 2.73. The average Bonchev–Trinajstić information content (AvgIpc) is 3.08. The Balaban J connectivity index is 1.61. The number of nitrogens with zero attached hydrogens (tertiary/aromatic N) is 5. The second-order valence-electron chi connectivity index (χ2n) is 10.4. The van der Waals surface area contributed by atoms with E-state index in [0.717, 1.165) is 19.3 Å². The Hall–Kier alpha value is -2.75. The van der Waals surface area contributed by atoms with Crippen molar-refractivity contribution in [2.24, 2.45) is 11.4 Å². The van der Waals surface area contributed by atoms with Crippen molar-refractivity contribution in [2.75, 3.05) is 0 Å². The van der Waals surface area contributed by atoms with E-state index < -0.39 is 21.5 Å². The molecule has 3 fully saturated rings. The van der Waals surface area contributed by atoms with Gasteiger partial charge in [-0.25, -0.2) is 13.6 Å². The lowest BCUT2D eigenvalue weighted by Gasteiger charge is -2.68. The Morgan fingerprint density at radius 3 is 2.45 bits per heavy atom. The highest BCUT2D eigenvalue weighted by Gasteiger charge is 2.73. The molecule has 0 unspecified atom stereocenters. The summed E-state index contributed by atoms with van der Waals surface area (Å²) < 4.78 is 37.7. The SMILES string of the molecule is C/C(=N/[S@](=O)C(C)(C)C)c1cc(F)cc2c(=O)n(C)c(C34CC(c5nc(C)no5)(C3)C4)nc12. The van der Waals surface area contributed by atoms with Gasteiger partial charge in [0.05, 0.1) is 26.8 Å². The van der Waals surface area contributed by atoms with E-state index in [1.807, 2.05) is 20.8 Å². The molecule has 1 aromatic carbocycles. The summed E-state index contributed by atoms with van der Waals surface area (Å²) in [5, 5.41) is 4.09. The van der Waals surface area contributed by atoms with Crippen molar-refractivity contribution in [2.45, 2.75) is 69.5 Å². The van der Waals surface area contributed by atoms with Gasteiger partial charge in [0, 0.05) is 18.0 Å². The van der Waals surface area contributed by atoms with Crippen molar-refractivity contribution in [3.63, 3.8) is 0 Å². The maximum absolute atomic E-state index is 14.5. The van der Waals surface area contributed by atoms with E-state index in [-0.39, 0.29) is 21.8 Å². The maximum atomic E-state index is 14.5. The summed E-state index contributed by atoms with van der Waals surface area (Å²) in [4.78, 5) is 22.5. The van der Waals surface area contributed by atoms with Crippen LogP contribution in [0.3, 0.4) is 0 Å². The fourth-order valence-corrected chi connectivity index (χ4v) is 5.79. The zero-order valence-electron chi connectivity index (χ0n) is 19.5. The number of rotatable bonds is 4. The monoisotopic (exact) mass is 471 g/mol. The van der Waals surface area contributed by atoms with Gasteiger partial charge in [0.15, 0.2) is 5.82 Å². The van der Waals surface area contributed by atoms with Crippen molar-refractivity contribution >= 4 is 27.6 Å². The predicted octanol–water partition coefficient (Wildman–Crippen LogP) is 3.41. The molecule has 3 aliphatic carbocycles. The number of aromatic nitrogens is 4. The molecule has 2 bridgehead atoms. The van der Waals surface area contributed by atoms with Crippen LogP contribution < -0.4 is 5.56 Å². The summed E-state index contributed by atoms with van der Waals surface area (Å²) in [7, 11) is 0.149. The number of fused-ring (bicyclic) bond motifs is 1. The Morgan fingerprint density at radius 2 is 1.88 bits per heavy atom. The minimum atomic E-state index is -1.53. The van der Waals surface area contributed by atoms with E-state index >= 15 is 0 Å². The van der Waals surface area contributed by atoms with Gasteiger partial charge in [-0.3, -0.25) is 9.36 Å². The molecule has 2 heterocycles. The molecule has 3 aromatic rings. The van der Waals surface area contributed by atoms with E-state index in [1.165, 1.54) is 16.7 Å². The Morgan fingerprint density at radius 1 is 1.21 bits per heavy atom. The first-order valence-corrected chi connectivity index (χ1v) is 12.0. The fourth-order valence-electron chi connectivity index (χ4n) is 5.17. The number of hydrogen-bond donors (Lipinski definition) is 0. The van der Waals surface area contributed by atoms with Crippen LogP contribution in [-0.2, 0) is 28.9 Å². The van der Waals surface area contributed by atoms with Gasteiger partial charge in [-0.1, -0.05) is 5.16 Å². The van der Waals surface area contributed by atoms with Gasteiger partial charge in [0.1, 0.15) is 22.6 Å². The maximum Gasteiger partial charge on any atom is 0.261 e. The average molecular weight is 472 g/mol. The number of benzene rings is 1. The van der Waals surface area contributed by atoms with Crippen molar-refractivity contribution in [1.82, 2.24) is 19.7 Å². The van der Waals surface area contributed by atoms with Crippen LogP contribution in [0.2, 0.25) is 0 Å². The number of aryl methyl sites for hydroxylation is 1. The smallest absolute Gasteiger partial charge is 0.261 e. The summed E-state index contributed by atoms with van der Waals surface area (Å²) in [5.74, 6) is 1.35. The lowest BCUT2D eigenvalue weighted by molar-refractivity contribution is -0.0966. The molecule has 0 N–H and O–H groups in total. The molecule has 174 valence electrons. The van der Waals surface area contributed by atoms with Crippen LogP contribution in [-0.4, -0.2) is 34.4 Å². The standard InChI is InChI=1S/C23H26FN5O3S/c1-12(28-33(31)21(3,4)5)15-7-14(24)8-16-17(15)26-19(29(6)18(16)30)22-9-23(10-22,11-22)20-25-13(2)27-32-20/h7-8H,9-11H2,1-6H3/b28-12-/t22?,23?,33-/m1/s1. The van der Waals surface area contributed by atoms with Crippen LogP contribution in [0.25, 0.3) is 10.9 Å². The molecular formula is C23H26FN5O3S. The van der Waals surface area contributed by atoms with Crippen molar-refractivity contribution in [1.29, 1.82) is 0 Å². The lowest BCUT2D eigenvalue weighted by atomic mass is 9.34. The predicted molar refractivity (Wildman–Crippen MR) is 123 cm³/mol. The fraction of sp³-hybridized carbons (Fsp3) is 0.522. The van der Waals surface area contributed by atoms with Gasteiger partial charge in [-0.05, 0) is 66.0 Å². The molecule has 0 saturated heterocycles. The minimum absolute atomic E-state index is 0.152. The molecule has 3 aliphatic rings. The molecule has 0 spiro atoms. The molecule has 8 nitrogen and oxygen atoms in total. The third-order valence-corrected chi connectivity index (χ3v) is 8.25. The van der Waals surface area contributed by atoms with Crippen molar-refractivity contribution in [3.05, 3.63) is 51.4 Å². The van der Waals surface area contributed by atoms with E-state index in [4.69, 9.17) is 9.51 Å². The van der Waals surface area contributed by atoms with Crippen LogP contribution in [0, 0.1) is 12.7 Å². The molecule has 0 amide bonds. The van der Waals surface area contributed by atoms with Crippen LogP contribution in [0.1, 0.15) is 70.1 Å². The Labute approximate surface area is 192 Å². The molecule has 1 atom stereocenters. The van der Waals surface area contributed by atoms with Crippen LogP contribution >= 0.6 is 0 Å². The normalized spacial score (nSPS) is 25.6. The van der Waals surface area contributed by atoms with E-state index in [0.29, 0.717) is 34.3 Å². The van der Waals surface area contributed by atoms with Gasteiger partial charge >= 0.3 is 0 Å². The first-order chi connectivity index (χ1) is 15.4. The molecule has 3 saturated carbocycles. The second-order valence-corrected chi connectivity index (χ2v) is 12.3. The van der Waals surface area contributed by atoms with Gasteiger partial charge in [0.2, 0.25) is 5.89 Å². The molecule has 10 heteroatoms. The van der Waals surface area contributed by atoms with Gasteiger partial charge in [0.25, 0.3) is 5.56 Å². The number of hydrogen-bond acceptors (Lipinski definition) is 6. The van der Waals surface area contributed by atoms with Gasteiger partial charge in [-0.15, -0.1) is 0 Å². The number of halogens is 1. The topological polar surface area (TPSA) is 103 Å². The van der Waals surface area contributed by atoms with Crippen molar-refractivity contribution in [3.8, 4) is 0 Å². The lowest BCUT2D eigenvalue weighted by Crippen LogP contribution is -2.68. The van der Waals surface area contributed by atoms with Gasteiger partial charge in [-0.2, -0.15) is 9.38 Å². The molecule has 33 heavy (non-hydrogen) atoms. The summed E-state index contributed by atoms with van der Waals surface area (Å²) >= 11 is 0. The first kappa shape index (κ1) is 22.1. The van der Waals surface area contributed by atoms with Gasteiger partial charge < -0.3 is 4.52 Å². The summed E-state index contributed by atoms with van der Waals surface area (Å²) in [6.07, 6.45) is 2.31. The van der Waals surface area contributed by atoms with Crippen molar-refractivity contribution < 1.29 is 13.1 Å². The highest BCUT2D eigenvalue weighted by atomic mass is 32.2. The Bertz CT molecular complexity index is 1410. The zero-order chi connectivity index (χ0) is 23.9. The molecule has 6 rings (SSSR count). The van der Waals surface area contributed by atoms with Crippen LogP contribution in [0.5, 0.6) is 0 Å². The minimum Gasteiger partial charge on any atom is -0.339 e. The largest absolute Gasteiger partial charge is 0.339 e. The summed E-state index contributed by atoms with van der Waals surface area (Å²) in [6.45, 7) is 8.92. The third-order valence-electron chi connectivity index (χ3n) is 6.76. The van der Waals surface area contributed by atoms with E-state index in [9.17, 15) is 13.4 Å². The molecular weight excluding hydrogens is 445 g/mol. The summed E-state index contributed by atoms with van der Waals surface area (Å²) in [5.41, 5.74) is 0.433. The van der Waals surface area contributed by atoms with E-state index in [1.54, 1.807) is 20.9 Å². The molecule has 0 aliphatic heterocycles. The van der Waals surface area contributed by atoms with Crippen LogP contribution in [0.4, 0.5) is 4.39 Å². The van der Waals surface area contributed by atoms with E-state index in [2.05, 4.69) is 14.5 Å². The molecule has 0 radical (unpaired) electrons. The quantitative estimate of drug-likeness (QED) is 0.540. The van der Waals surface area contributed by atoms with Crippen LogP contribution in [0.15, 0.2) is 25.8 Å². The third kappa shape index (κ3) is 3.21. The first-order valence-electron chi connectivity index (χ1n) is 10.8. The summed E-state index contributed by atoms with van der Waals surface area (Å²) in [6, 6.07) is 2.51. The second kappa shape index (κ2) is 6.88. The zero-order valence-corrected chi connectivity index (χ0v) is 20.3. The highest BCUT2D eigenvalue weighted by molar-refractivity contribution is 7.85.